The topological polar surface area (TPSA) is 83.5 Å². The van der Waals surface area contributed by atoms with Crippen LogP contribution >= 0.6 is 11.7 Å². The minimum Gasteiger partial charge on any atom is -0.337 e. The smallest absolute Gasteiger partial charge is 0.246 e. The third-order valence-corrected chi connectivity index (χ3v) is 8.12. The number of carbonyl (C=O) groups excluding carboxylic acids is 1. The minimum atomic E-state index is -3.87. The van der Waals surface area contributed by atoms with Crippen LogP contribution in [0, 0.1) is 0 Å². The molecule has 1 saturated heterocycles. The first-order valence-electron chi connectivity index (χ1n) is 10.6. The Labute approximate surface area is 187 Å². The van der Waals surface area contributed by atoms with E-state index in [0.29, 0.717) is 43.5 Å². The molecule has 164 valence electrons. The van der Waals surface area contributed by atoms with Crippen molar-refractivity contribution in [2.75, 3.05) is 13.1 Å². The van der Waals surface area contributed by atoms with Crippen LogP contribution < -0.4 is 0 Å². The van der Waals surface area contributed by atoms with Crippen LogP contribution in [0.2, 0.25) is 0 Å². The number of fused-ring (bicyclic) bond motifs is 1. The predicted octanol–water partition coefficient (Wildman–Crippen LogP) is 3.67. The first-order chi connectivity index (χ1) is 15.0. The summed E-state index contributed by atoms with van der Waals surface area (Å²) in [6.07, 6.45) is 3.03. The quantitative estimate of drug-likeness (QED) is 0.514. The van der Waals surface area contributed by atoms with E-state index in [-0.39, 0.29) is 10.8 Å². The first kappa shape index (κ1) is 21.9. The third kappa shape index (κ3) is 4.49. The lowest BCUT2D eigenvalue weighted by molar-refractivity contribution is -0.135. The molecule has 0 radical (unpaired) electrons. The molecular weight excluding hydrogens is 432 g/mol. The van der Waals surface area contributed by atoms with Crippen molar-refractivity contribution < 1.29 is 13.2 Å². The molecule has 3 aromatic rings. The van der Waals surface area contributed by atoms with E-state index in [9.17, 15) is 13.2 Å². The fraction of sp³-hybridized carbons (Fsp3) is 0.409. The van der Waals surface area contributed by atoms with E-state index in [1.165, 1.54) is 4.31 Å². The van der Waals surface area contributed by atoms with Crippen molar-refractivity contribution in [3.05, 3.63) is 54.1 Å². The van der Waals surface area contributed by atoms with Gasteiger partial charge in [0.15, 0.2) is 0 Å². The molecule has 2 aromatic carbocycles. The fourth-order valence-electron chi connectivity index (χ4n) is 4.02. The molecule has 1 aromatic heterocycles. The number of carbonyl (C=O) groups is 1. The second-order valence-electron chi connectivity index (χ2n) is 7.76. The van der Waals surface area contributed by atoms with Gasteiger partial charge in [0.25, 0.3) is 0 Å². The van der Waals surface area contributed by atoms with E-state index < -0.39 is 16.1 Å². The number of aromatic nitrogens is 2. The average molecular weight is 459 g/mol. The highest BCUT2D eigenvalue weighted by molar-refractivity contribution is 7.89. The van der Waals surface area contributed by atoms with Crippen LogP contribution in [0.1, 0.15) is 38.2 Å². The summed E-state index contributed by atoms with van der Waals surface area (Å²) < 4.78 is 36.8. The highest BCUT2D eigenvalue weighted by Crippen LogP contribution is 2.31. The zero-order valence-electron chi connectivity index (χ0n) is 17.5. The molecule has 1 aliphatic rings. The number of hydrogen-bond acceptors (Lipinski definition) is 6. The maximum absolute atomic E-state index is 13.6. The van der Waals surface area contributed by atoms with Gasteiger partial charge in [0.05, 0.1) is 11.7 Å². The van der Waals surface area contributed by atoms with Gasteiger partial charge in [-0.25, -0.2) is 8.42 Å². The zero-order chi connectivity index (χ0) is 21.8. The molecule has 31 heavy (non-hydrogen) atoms. The lowest BCUT2D eigenvalue weighted by atomic mass is 10.1. The van der Waals surface area contributed by atoms with Gasteiger partial charge in [-0.1, -0.05) is 49.7 Å². The monoisotopic (exact) mass is 458 g/mol. The Morgan fingerprint density at radius 1 is 1.16 bits per heavy atom. The van der Waals surface area contributed by atoms with Crippen molar-refractivity contribution >= 4 is 38.7 Å². The summed E-state index contributed by atoms with van der Waals surface area (Å²) in [7, 11) is -3.87. The summed E-state index contributed by atoms with van der Waals surface area (Å²) in [5, 5.41) is 0. The summed E-state index contributed by atoms with van der Waals surface area (Å²) in [6, 6.07) is 14.1. The van der Waals surface area contributed by atoms with Crippen LogP contribution in [0.25, 0.3) is 11.0 Å². The molecule has 0 unspecified atom stereocenters. The summed E-state index contributed by atoms with van der Waals surface area (Å²) in [4.78, 5) is 15.5. The normalized spacial score (nSPS) is 17.3. The third-order valence-electron chi connectivity index (χ3n) is 5.63. The zero-order valence-corrected chi connectivity index (χ0v) is 19.1. The second kappa shape index (κ2) is 9.42. The van der Waals surface area contributed by atoms with Crippen LogP contribution in [0.5, 0.6) is 0 Å². The SMILES string of the molecule is CCCCN(Cc1ccccc1)C(=O)[C@@H]1CCCN1S(=O)(=O)c1cccc2nsnc12. The van der Waals surface area contributed by atoms with Crippen molar-refractivity contribution in [1.29, 1.82) is 0 Å². The fourth-order valence-corrected chi connectivity index (χ4v) is 6.43. The van der Waals surface area contributed by atoms with Gasteiger partial charge < -0.3 is 4.90 Å². The molecule has 0 N–H and O–H groups in total. The molecule has 1 aliphatic heterocycles. The molecule has 0 spiro atoms. The van der Waals surface area contributed by atoms with Gasteiger partial charge in [-0.3, -0.25) is 4.79 Å². The maximum Gasteiger partial charge on any atom is 0.246 e. The Bertz CT molecular complexity index is 1150. The lowest BCUT2D eigenvalue weighted by Crippen LogP contribution is -2.47. The van der Waals surface area contributed by atoms with Crippen LogP contribution in [-0.2, 0) is 21.4 Å². The number of unbranched alkanes of at least 4 members (excludes halogenated alkanes) is 1. The highest BCUT2D eigenvalue weighted by Gasteiger charge is 2.42. The molecule has 9 heteroatoms. The van der Waals surface area contributed by atoms with E-state index >= 15 is 0 Å². The van der Waals surface area contributed by atoms with E-state index in [4.69, 9.17) is 0 Å². The van der Waals surface area contributed by atoms with E-state index in [0.717, 1.165) is 30.1 Å². The van der Waals surface area contributed by atoms with E-state index in [2.05, 4.69) is 15.7 Å². The van der Waals surface area contributed by atoms with Gasteiger partial charge in [0, 0.05) is 19.6 Å². The Morgan fingerprint density at radius 2 is 1.97 bits per heavy atom. The largest absolute Gasteiger partial charge is 0.337 e. The van der Waals surface area contributed by atoms with E-state index in [1.807, 2.05) is 35.2 Å². The number of nitrogens with zero attached hydrogens (tertiary/aromatic N) is 4. The Kier molecular flexibility index (Phi) is 6.64. The summed E-state index contributed by atoms with van der Waals surface area (Å²) in [5.41, 5.74) is 1.97. The van der Waals surface area contributed by atoms with Crippen molar-refractivity contribution in [3.8, 4) is 0 Å². The molecule has 1 amide bonds. The lowest BCUT2D eigenvalue weighted by Gasteiger charge is -2.30. The van der Waals surface area contributed by atoms with Crippen molar-refractivity contribution in [1.82, 2.24) is 18.0 Å². The number of amides is 1. The second-order valence-corrected chi connectivity index (χ2v) is 10.1. The highest BCUT2D eigenvalue weighted by atomic mass is 32.2. The molecule has 1 atom stereocenters. The average Bonchev–Trinajstić information content (AvgIpc) is 3.46. The van der Waals surface area contributed by atoms with Crippen molar-refractivity contribution in [2.24, 2.45) is 0 Å². The Balaban J connectivity index is 1.62. The summed E-state index contributed by atoms with van der Waals surface area (Å²) >= 11 is 0.990. The molecule has 1 fully saturated rings. The number of hydrogen-bond donors (Lipinski definition) is 0. The van der Waals surface area contributed by atoms with Crippen molar-refractivity contribution in [2.45, 2.75) is 50.1 Å². The number of sulfonamides is 1. The molecule has 2 heterocycles. The van der Waals surface area contributed by atoms with Crippen molar-refractivity contribution in [3.63, 3.8) is 0 Å². The molecule has 4 rings (SSSR count). The first-order valence-corrected chi connectivity index (χ1v) is 12.7. The van der Waals surface area contributed by atoms with Gasteiger partial charge in [-0.2, -0.15) is 13.1 Å². The van der Waals surface area contributed by atoms with Crippen LogP contribution in [0.15, 0.2) is 53.4 Å². The summed E-state index contributed by atoms with van der Waals surface area (Å²) in [6.45, 7) is 3.51. The molecule has 7 nitrogen and oxygen atoms in total. The van der Waals surface area contributed by atoms with Crippen LogP contribution in [0.4, 0.5) is 0 Å². The molecule has 0 aliphatic carbocycles. The standard InChI is InChI=1S/C22H26N4O3S2/c1-2-3-14-25(16-17-9-5-4-6-10-17)22(27)19-12-8-15-26(19)31(28,29)20-13-7-11-18-21(20)24-30-23-18/h4-7,9-11,13,19H,2-3,8,12,14-16H2,1H3/t19-/m0/s1. The number of rotatable bonds is 8. The number of benzene rings is 2. The molecule has 0 bridgehead atoms. The van der Waals surface area contributed by atoms with Crippen LogP contribution in [-0.4, -0.2) is 51.4 Å². The van der Waals surface area contributed by atoms with Gasteiger partial charge in [0.1, 0.15) is 22.0 Å². The molecule has 0 saturated carbocycles. The molecular formula is C22H26N4O3S2. The predicted molar refractivity (Wildman–Crippen MR) is 121 cm³/mol. The van der Waals surface area contributed by atoms with Crippen LogP contribution in [0.3, 0.4) is 0 Å². The Morgan fingerprint density at radius 3 is 2.74 bits per heavy atom. The maximum atomic E-state index is 13.6. The van der Waals surface area contributed by atoms with Gasteiger partial charge >= 0.3 is 0 Å². The van der Waals surface area contributed by atoms with Gasteiger partial charge in [0.2, 0.25) is 15.9 Å². The van der Waals surface area contributed by atoms with Gasteiger partial charge in [-0.15, -0.1) is 0 Å². The van der Waals surface area contributed by atoms with E-state index in [1.54, 1.807) is 18.2 Å². The Hall–Kier alpha value is -2.36. The minimum absolute atomic E-state index is 0.123. The van der Waals surface area contributed by atoms with Gasteiger partial charge in [-0.05, 0) is 37.0 Å². The summed E-state index contributed by atoms with van der Waals surface area (Å²) in [5.74, 6) is -0.123.